The lowest BCUT2D eigenvalue weighted by atomic mass is 9.82. The molecule has 0 aliphatic carbocycles. The van der Waals surface area contributed by atoms with Crippen LogP contribution in [-0.4, -0.2) is 47.1 Å². The van der Waals surface area contributed by atoms with E-state index in [9.17, 15) is 9.59 Å². The summed E-state index contributed by atoms with van der Waals surface area (Å²) in [5.74, 6) is -0.717. The highest BCUT2D eigenvalue weighted by atomic mass is 16.5. The van der Waals surface area contributed by atoms with Crippen LogP contribution in [0.15, 0.2) is 36.7 Å². The van der Waals surface area contributed by atoms with Gasteiger partial charge in [-0.2, -0.15) is 0 Å². The summed E-state index contributed by atoms with van der Waals surface area (Å²) in [4.78, 5) is 34.3. The summed E-state index contributed by atoms with van der Waals surface area (Å²) < 4.78 is 10.4. The summed E-state index contributed by atoms with van der Waals surface area (Å²) in [6.45, 7) is 2.48. The van der Waals surface area contributed by atoms with Gasteiger partial charge in [0.05, 0.1) is 24.8 Å². The first-order valence-electron chi connectivity index (χ1n) is 10.1. The van der Waals surface area contributed by atoms with E-state index in [1.54, 1.807) is 12.4 Å². The van der Waals surface area contributed by atoms with E-state index in [4.69, 9.17) is 9.47 Å². The second kappa shape index (κ2) is 7.25. The molecule has 0 bridgehead atoms. The molecule has 1 N–H and O–H groups in total. The number of fused-ring (bicyclic) bond motifs is 6. The molecular weight excluding hydrogens is 382 g/mol. The third kappa shape index (κ3) is 2.89. The molecule has 0 amide bonds. The molecule has 1 aromatic carbocycles. The Kier molecular flexibility index (Phi) is 4.55. The molecule has 0 fully saturated rings. The molecule has 2 aromatic heterocycles. The first-order chi connectivity index (χ1) is 14.6. The number of hydrogen-bond acceptors (Lipinski definition) is 6. The molecule has 2 atom stereocenters. The molecule has 3 aromatic rings. The van der Waals surface area contributed by atoms with Gasteiger partial charge >= 0.3 is 11.9 Å². The van der Waals surface area contributed by atoms with E-state index in [0.717, 1.165) is 29.6 Å². The topological polar surface area (TPSA) is 84.5 Å². The number of carbonyl (C=O) groups is 2. The lowest BCUT2D eigenvalue weighted by Gasteiger charge is -2.45. The van der Waals surface area contributed by atoms with Crippen molar-refractivity contribution in [3.8, 4) is 0 Å². The van der Waals surface area contributed by atoms with E-state index in [1.165, 1.54) is 30.7 Å². The van der Waals surface area contributed by atoms with Crippen molar-refractivity contribution in [1.82, 2.24) is 14.9 Å². The van der Waals surface area contributed by atoms with Crippen molar-refractivity contribution in [3.63, 3.8) is 0 Å². The smallest absolute Gasteiger partial charge is 0.339 e. The van der Waals surface area contributed by atoms with Gasteiger partial charge < -0.3 is 14.5 Å². The number of aromatic amines is 1. The van der Waals surface area contributed by atoms with Gasteiger partial charge in [0.15, 0.2) is 0 Å². The highest BCUT2D eigenvalue weighted by Crippen LogP contribution is 2.45. The summed E-state index contributed by atoms with van der Waals surface area (Å²) in [5, 5.41) is 1.25. The Bertz CT molecular complexity index is 1150. The average Bonchev–Trinajstić information content (AvgIpc) is 3.15. The van der Waals surface area contributed by atoms with Crippen molar-refractivity contribution in [3.05, 3.63) is 64.6 Å². The number of nitrogens with one attached hydrogen (secondary N) is 1. The number of carbonyl (C=O) groups excluding carboxylic acids is 2. The number of para-hydroxylation sites is 1. The SMILES string of the molecule is COC(=O)c1cncc2c1C[C@@H]1c3[nH]c4ccccc4c3CCN1C2COC(C)=O. The minimum absolute atomic E-state index is 0.0556. The number of aromatic nitrogens is 2. The summed E-state index contributed by atoms with van der Waals surface area (Å²) in [7, 11) is 1.38. The number of hydrogen-bond donors (Lipinski definition) is 1. The highest BCUT2D eigenvalue weighted by Gasteiger charge is 2.41. The zero-order valence-corrected chi connectivity index (χ0v) is 17.0. The van der Waals surface area contributed by atoms with E-state index < -0.39 is 5.97 Å². The fourth-order valence-electron chi connectivity index (χ4n) is 4.99. The monoisotopic (exact) mass is 405 g/mol. The molecule has 1 unspecified atom stereocenters. The zero-order chi connectivity index (χ0) is 20.8. The maximum atomic E-state index is 12.4. The van der Waals surface area contributed by atoms with Gasteiger partial charge in [0, 0.05) is 42.5 Å². The van der Waals surface area contributed by atoms with Crippen molar-refractivity contribution >= 4 is 22.8 Å². The van der Waals surface area contributed by atoms with E-state index >= 15 is 0 Å². The quantitative estimate of drug-likeness (QED) is 0.674. The van der Waals surface area contributed by atoms with E-state index in [-0.39, 0.29) is 24.7 Å². The van der Waals surface area contributed by atoms with E-state index in [2.05, 4.69) is 33.1 Å². The number of rotatable bonds is 3. The van der Waals surface area contributed by atoms with E-state index in [1.807, 2.05) is 6.07 Å². The molecule has 2 aliphatic rings. The van der Waals surface area contributed by atoms with Gasteiger partial charge in [-0.3, -0.25) is 14.7 Å². The van der Waals surface area contributed by atoms with Gasteiger partial charge in [0.2, 0.25) is 0 Å². The minimum atomic E-state index is -0.397. The van der Waals surface area contributed by atoms with Crippen LogP contribution in [0.3, 0.4) is 0 Å². The first-order valence-corrected chi connectivity index (χ1v) is 10.1. The number of methoxy groups -OCH3 is 1. The van der Waals surface area contributed by atoms with Gasteiger partial charge in [-0.15, -0.1) is 0 Å². The average molecular weight is 405 g/mol. The number of benzene rings is 1. The molecule has 0 saturated carbocycles. The predicted molar refractivity (Wildman–Crippen MR) is 110 cm³/mol. The highest BCUT2D eigenvalue weighted by molar-refractivity contribution is 5.91. The maximum Gasteiger partial charge on any atom is 0.339 e. The molecule has 0 spiro atoms. The maximum absolute atomic E-state index is 12.4. The van der Waals surface area contributed by atoms with Gasteiger partial charge in [-0.1, -0.05) is 18.2 Å². The fourth-order valence-corrected chi connectivity index (χ4v) is 4.99. The van der Waals surface area contributed by atoms with Crippen molar-refractivity contribution < 1.29 is 19.1 Å². The molecule has 0 saturated heterocycles. The van der Waals surface area contributed by atoms with Crippen LogP contribution in [0.25, 0.3) is 10.9 Å². The minimum Gasteiger partial charge on any atom is -0.465 e. The van der Waals surface area contributed by atoms with Crippen molar-refractivity contribution in [1.29, 1.82) is 0 Å². The Morgan fingerprint density at radius 1 is 1.23 bits per heavy atom. The lowest BCUT2D eigenvalue weighted by Crippen LogP contribution is -2.45. The molecule has 2 aliphatic heterocycles. The van der Waals surface area contributed by atoms with E-state index in [0.29, 0.717) is 12.0 Å². The summed E-state index contributed by atoms with van der Waals surface area (Å²) >= 11 is 0. The number of H-pyrrole nitrogens is 1. The van der Waals surface area contributed by atoms with Gasteiger partial charge in [0.25, 0.3) is 0 Å². The predicted octanol–water partition coefficient (Wildman–Crippen LogP) is 3.11. The first kappa shape index (κ1) is 18.8. The molecular formula is C23H23N3O4. The molecule has 0 radical (unpaired) electrons. The Labute approximate surface area is 174 Å². The van der Waals surface area contributed by atoms with Crippen molar-refractivity contribution in [2.24, 2.45) is 0 Å². The van der Waals surface area contributed by atoms with Crippen LogP contribution < -0.4 is 0 Å². The number of nitrogens with zero attached hydrogens (tertiary/aromatic N) is 2. The fraction of sp³-hybridized carbons (Fsp3) is 0.348. The normalized spacial score (nSPS) is 20.2. The third-order valence-corrected chi connectivity index (χ3v) is 6.30. The molecule has 30 heavy (non-hydrogen) atoms. The molecule has 4 heterocycles. The Hall–Kier alpha value is -3.19. The zero-order valence-electron chi connectivity index (χ0n) is 17.0. The molecule has 154 valence electrons. The molecule has 7 heteroatoms. The second-order valence-corrected chi connectivity index (χ2v) is 7.84. The second-order valence-electron chi connectivity index (χ2n) is 7.84. The summed E-state index contributed by atoms with van der Waals surface area (Å²) in [6.07, 6.45) is 4.93. The van der Waals surface area contributed by atoms with Gasteiger partial charge in [-0.05, 0) is 35.6 Å². The van der Waals surface area contributed by atoms with Crippen LogP contribution in [0.5, 0.6) is 0 Å². The Balaban J connectivity index is 1.65. The molecule has 7 nitrogen and oxygen atoms in total. The Morgan fingerprint density at radius 2 is 2.07 bits per heavy atom. The van der Waals surface area contributed by atoms with Crippen LogP contribution >= 0.6 is 0 Å². The third-order valence-electron chi connectivity index (χ3n) is 6.30. The lowest BCUT2D eigenvalue weighted by molar-refractivity contribution is -0.143. The van der Waals surface area contributed by atoms with Crippen LogP contribution in [0.1, 0.15) is 51.7 Å². The number of esters is 2. The van der Waals surface area contributed by atoms with Crippen molar-refractivity contribution in [2.45, 2.75) is 31.8 Å². The van der Waals surface area contributed by atoms with Crippen LogP contribution in [-0.2, 0) is 27.1 Å². The van der Waals surface area contributed by atoms with Crippen LogP contribution in [0, 0.1) is 0 Å². The Morgan fingerprint density at radius 3 is 2.87 bits per heavy atom. The van der Waals surface area contributed by atoms with Gasteiger partial charge in [-0.25, -0.2) is 4.79 Å². The molecule has 5 rings (SSSR count). The van der Waals surface area contributed by atoms with Crippen LogP contribution in [0.2, 0.25) is 0 Å². The van der Waals surface area contributed by atoms with Crippen molar-refractivity contribution in [2.75, 3.05) is 20.3 Å². The standard InChI is InChI=1S/C23H23N3O4/c1-13(27)30-12-21-17-10-24-11-18(23(28)29-2)16(17)9-20-22-15(7-8-26(20)21)14-5-3-4-6-19(14)25-22/h3-6,10-11,20-21,25H,7-9,12H2,1-2H3/t20-,21?/m1/s1. The summed E-state index contributed by atoms with van der Waals surface area (Å²) in [5.41, 5.74) is 5.95. The van der Waals surface area contributed by atoms with Gasteiger partial charge in [0.1, 0.15) is 6.61 Å². The summed E-state index contributed by atoms with van der Waals surface area (Å²) in [6, 6.07) is 8.22. The number of ether oxygens (including phenoxy) is 2. The number of pyridine rings is 1. The largest absolute Gasteiger partial charge is 0.465 e. The van der Waals surface area contributed by atoms with Crippen LogP contribution in [0.4, 0.5) is 0 Å².